The minimum Gasteiger partial charge on any atom is -0.426 e. The van der Waals surface area contributed by atoms with Crippen molar-refractivity contribution >= 4 is 24.7 Å². The van der Waals surface area contributed by atoms with Crippen LogP contribution in [0.5, 0.6) is 0 Å². The van der Waals surface area contributed by atoms with E-state index in [0.29, 0.717) is 24.1 Å². The van der Waals surface area contributed by atoms with E-state index in [4.69, 9.17) is 0 Å². The van der Waals surface area contributed by atoms with Gasteiger partial charge in [0.25, 0.3) is 0 Å². The van der Waals surface area contributed by atoms with Crippen LogP contribution in [0.15, 0.2) is 73.2 Å². The van der Waals surface area contributed by atoms with E-state index in [1.165, 1.54) is 6.33 Å². The van der Waals surface area contributed by atoms with E-state index in [-0.39, 0.29) is 12.3 Å². The highest BCUT2D eigenvalue weighted by molar-refractivity contribution is 6.43. The van der Waals surface area contributed by atoms with Crippen molar-refractivity contribution in [3.8, 4) is 6.07 Å². The van der Waals surface area contributed by atoms with Crippen molar-refractivity contribution in [3.63, 3.8) is 0 Å². The zero-order valence-corrected chi connectivity index (χ0v) is 17.4. The normalized spacial score (nSPS) is 12.0. The van der Waals surface area contributed by atoms with Crippen molar-refractivity contribution < 1.29 is 14.8 Å². The largest absolute Gasteiger partial charge is 0.475 e. The van der Waals surface area contributed by atoms with Crippen molar-refractivity contribution in [2.24, 2.45) is 0 Å². The zero-order chi connectivity index (χ0) is 22.8. The number of nitrogens with zero attached hydrogens (tertiary/aromatic N) is 3. The molecule has 0 radical (unpaired) electrons. The van der Waals surface area contributed by atoms with Gasteiger partial charge >= 0.3 is 7.12 Å². The molecular weight excluding hydrogens is 403 g/mol. The lowest BCUT2D eigenvalue weighted by molar-refractivity contribution is -0.121. The van der Waals surface area contributed by atoms with Gasteiger partial charge in [-0.25, -0.2) is 9.97 Å². The molecule has 0 saturated carbocycles. The minimum atomic E-state index is -1.65. The van der Waals surface area contributed by atoms with E-state index in [1.54, 1.807) is 18.3 Å². The number of nitriles is 1. The Bertz CT molecular complexity index is 1100. The van der Waals surface area contributed by atoms with Gasteiger partial charge in [-0.3, -0.25) is 4.79 Å². The van der Waals surface area contributed by atoms with Crippen molar-refractivity contribution in [1.29, 1.82) is 5.26 Å². The fourth-order valence-corrected chi connectivity index (χ4v) is 3.25. The van der Waals surface area contributed by atoms with Gasteiger partial charge in [0.05, 0.1) is 17.2 Å². The number of hydrogen-bond donors (Lipinski definition) is 3. The van der Waals surface area contributed by atoms with Crippen LogP contribution < -0.4 is 5.32 Å². The molecule has 32 heavy (non-hydrogen) atoms. The maximum absolute atomic E-state index is 12.4. The van der Waals surface area contributed by atoms with Crippen LogP contribution in [0.4, 0.5) is 0 Å². The second kappa shape index (κ2) is 11.6. The quantitative estimate of drug-likeness (QED) is 0.357. The van der Waals surface area contributed by atoms with Crippen LogP contribution in [0.1, 0.15) is 28.8 Å². The standard InChI is InChI=1S/C24H23BN4O3/c26-16-21(22-11-12-27-17-28-22)14-20-8-4-7-19(13-20)9-10-24(30)29-23(25(31)32)15-18-5-2-1-3-6-18/h1-8,11-14,17,23,31-32H,9-10,15H2,(H,29,30). The molecule has 1 atom stereocenters. The third-order valence-corrected chi connectivity index (χ3v) is 4.89. The summed E-state index contributed by atoms with van der Waals surface area (Å²) in [5.41, 5.74) is 3.62. The van der Waals surface area contributed by atoms with Gasteiger partial charge < -0.3 is 15.4 Å². The summed E-state index contributed by atoms with van der Waals surface area (Å²) >= 11 is 0. The van der Waals surface area contributed by atoms with E-state index < -0.39 is 13.1 Å². The first-order valence-electron chi connectivity index (χ1n) is 10.2. The number of nitrogens with one attached hydrogen (secondary N) is 1. The molecule has 0 aliphatic carbocycles. The first kappa shape index (κ1) is 22.9. The Balaban J connectivity index is 1.61. The average molecular weight is 426 g/mol. The average Bonchev–Trinajstić information content (AvgIpc) is 2.82. The monoisotopic (exact) mass is 426 g/mol. The summed E-state index contributed by atoms with van der Waals surface area (Å²) in [6.45, 7) is 0. The van der Waals surface area contributed by atoms with Gasteiger partial charge in [-0.05, 0) is 41.7 Å². The predicted octanol–water partition coefficient (Wildman–Crippen LogP) is 2.21. The van der Waals surface area contributed by atoms with E-state index in [9.17, 15) is 20.1 Å². The van der Waals surface area contributed by atoms with Crippen molar-refractivity contribution in [1.82, 2.24) is 15.3 Å². The molecule has 1 aromatic heterocycles. The molecule has 0 bridgehead atoms. The number of benzene rings is 2. The summed E-state index contributed by atoms with van der Waals surface area (Å²) in [5, 5.41) is 31.4. The van der Waals surface area contributed by atoms with E-state index in [1.807, 2.05) is 54.6 Å². The number of rotatable bonds is 9. The van der Waals surface area contributed by atoms with E-state index in [2.05, 4.69) is 21.4 Å². The number of amides is 1. The molecule has 3 rings (SSSR count). The molecule has 0 spiro atoms. The Labute approximate surface area is 187 Å². The number of hydrogen-bond acceptors (Lipinski definition) is 6. The molecule has 0 aliphatic rings. The van der Waals surface area contributed by atoms with Crippen molar-refractivity contribution in [3.05, 3.63) is 95.6 Å². The summed E-state index contributed by atoms with van der Waals surface area (Å²) in [7, 11) is -1.65. The molecule has 8 heteroatoms. The van der Waals surface area contributed by atoms with Crippen LogP contribution in [-0.4, -0.2) is 39.0 Å². The van der Waals surface area contributed by atoms with Crippen LogP contribution in [-0.2, 0) is 17.6 Å². The lowest BCUT2D eigenvalue weighted by Gasteiger charge is -2.18. The maximum Gasteiger partial charge on any atom is 0.475 e. The summed E-state index contributed by atoms with van der Waals surface area (Å²) in [6.07, 6.45) is 5.71. The van der Waals surface area contributed by atoms with Crippen LogP contribution in [0.2, 0.25) is 0 Å². The Morgan fingerprint density at radius 1 is 1.12 bits per heavy atom. The first-order valence-corrected chi connectivity index (χ1v) is 10.2. The molecular formula is C24H23BN4O3. The molecule has 160 valence electrons. The van der Waals surface area contributed by atoms with Crippen molar-refractivity contribution in [2.45, 2.75) is 25.2 Å². The van der Waals surface area contributed by atoms with Gasteiger partial charge in [0.2, 0.25) is 5.91 Å². The summed E-state index contributed by atoms with van der Waals surface area (Å²) in [6, 6.07) is 20.7. The number of carbonyl (C=O) groups is 1. The number of allylic oxidation sites excluding steroid dienone is 1. The van der Waals surface area contributed by atoms with Gasteiger partial charge in [0.1, 0.15) is 12.4 Å². The van der Waals surface area contributed by atoms with E-state index >= 15 is 0 Å². The van der Waals surface area contributed by atoms with Gasteiger partial charge in [0, 0.05) is 12.6 Å². The lowest BCUT2D eigenvalue weighted by Crippen LogP contribution is -2.47. The smallest absolute Gasteiger partial charge is 0.426 e. The number of carbonyl (C=O) groups excluding carboxylic acids is 1. The highest BCUT2D eigenvalue weighted by Crippen LogP contribution is 2.17. The van der Waals surface area contributed by atoms with E-state index in [0.717, 1.165) is 16.7 Å². The highest BCUT2D eigenvalue weighted by Gasteiger charge is 2.25. The molecule has 3 N–H and O–H groups in total. The fraction of sp³-hybridized carbons (Fsp3) is 0.167. The maximum atomic E-state index is 12.4. The Hall–Kier alpha value is -3.80. The van der Waals surface area contributed by atoms with Crippen LogP contribution >= 0.6 is 0 Å². The van der Waals surface area contributed by atoms with Crippen LogP contribution in [0, 0.1) is 11.3 Å². The zero-order valence-electron chi connectivity index (χ0n) is 17.4. The highest BCUT2D eigenvalue weighted by atomic mass is 16.4. The Morgan fingerprint density at radius 3 is 2.59 bits per heavy atom. The van der Waals surface area contributed by atoms with Gasteiger partial charge in [-0.2, -0.15) is 5.26 Å². The molecule has 7 nitrogen and oxygen atoms in total. The summed E-state index contributed by atoms with van der Waals surface area (Å²) in [5.74, 6) is -1.05. The Morgan fingerprint density at radius 2 is 1.91 bits per heavy atom. The lowest BCUT2D eigenvalue weighted by atomic mass is 9.76. The second-order valence-corrected chi connectivity index (χ2v) is 7.29. The third kappa shape index (κ3) is 6.88. The van der Waals surface area contributed by atoms with Crippen LogP contribution in [0.3, 0.4) is 0 Å². The predicted molar refractivity (Wildman–Crippen MR) is 123 cm³/mol. The van der Waals surface area contributed by atoms with Gasteiger partial charge in [0.15, 0.2) is 0 Å². The molecule has 1 amide bonds. The topological polar surface area (TPSA) is 119 Å². The fourth-order valence-electron chi connectivity index (χ4n) is 3.25. The van der Waals surface area contributed by atoms with Gasteiger partial charge in [-0.15, -0.1) is 0 Å². The molecule has 0 fully saturated rings. The molecule has 1 heterocycles. The summed E-state index contributed by atoms with van der Waals surface area (Å²) < 4.78 is 0. The van der Waals surface area contributed by atoms with Gasteiger partial charge in [-0.1, -0.05) is 54.6 Å². The number of aromatic nitrogens is 2. The second-order valence-electron chi connectivity index (χ2n) is 7.29. The molecule has 3 aromatic rings. The molecule has 1 unspecified atom stereocenters. The molecule has 0 aliphatic heterocycles. The third-order valence-electron chi connectivity index (χ3n) is 4.89. The first-order chi connectivity index (χ1) is 15.5. The molecule has 2 aromatic carbocycles. The van der Waals surface area contributed by atoms with Crippen LogP contribution in [0.25, 0.3) is 11.6 Å². The summed E-state index contributed by atoms with van der Waals surface area (Å²) in [4.78, 5) is 20.4. The molecule has 0 saturated heterocycles. The minimum absolute atomic E-state index is 0.197. The van der Waals surface area contributed by atoms with Crippen molar-refractivity contribution in [2.75, 3.05) is 0 Å². The Kier molecular flexibility index (Phi) is 8.26. The number of aryl methyl sites for hydroxylation is 1. The SMILES string of the molecule is N#CC(=Cc1cccc(CCC(=O)NC(Cc2ccccc2)B(O)O)c1)c1ccncn1.